The van der Waals surface area contributed by atoms with Crippen LogP contribution in [0.1, 0.15) is 17.3 Å². The summed E-state index contributed by atoms with van der Waals surface area (Å²) in [6.45, 7) is 5.09. The van der Waals surface area contributed by atoms with Gasteiger partial charge in [0.15, 0.2) is 23.2 Å². The number of carbonyl (C=O) groups excluding carboxylic acids is 1. The lowest BCUT2D eigenvalue weighted by Crippen LogP contribution is -2.46. The lowest BCUT2D eigenvalue weighted by atomic mass is 10.0. The van der Waals surface area contributed by atoms with Crippen molar-refractivity contribution < 1.29 is 18.0 Å². The Morgan fingerprint density at radius 1 is 0.792 bits per heavy atom. The van der Waals surface area contributed by atoms with Gasteiger partial charge in [0.05, 0.1) is 11.3 Å². The Bertz CT molecular complexity index is 641. The van der Waals surface area contributed by atoms with Gasteiger partial charge in [0.1, 0.15) is 5.69 Å². The number of benzene rings is 1. The molecule has 2 saturated heterocycles. The summed E-state index contributed by atoms with van der Waals surface area (Å²) in [5.74, 6) is -4.06. The molecule has 2 aliphatic rings. The molecule has 2 N–H and O–H groups in total. The van der Waals surface area contributed by atoms with Crippen molar-refractivity contribution in [3.05, 3.63) is 23.0 Å². The number of anilines is 2. The molecule has 2 fully saturated rings. The molecule has 0 atom stereocenters. The lowest BCUT2D eigenvalue weighted by Gasteiger charge is -2.35. The molecule has 2 aliphatic heterocycles. The van der Waals surface area contributed by atoms with Crippen molar-refractivity contribution in [1.29, 1.82) is 0 Å². The van der Waals surface area contributed by atoms with Crippen molar-refractivity contribution in [2.75, 3.05) is 62.2 Å². The first-order valence-corrected chi connectivity index (χ1v) is 8.15. The van der Waals surface area contributed by atoms with Gasteiger partial charge in [-0.15, -0.1) is 0 Å². The average Bonchev–Trinajstić information content (AvgIpc) is 2.59. The highest BCUT2D eigenvalue weighted by Crippen LogP contribution is 2.37. The van der Waals surface area contributed by atoms with Gasteiger partial charge in [-0.1, -0.05) is 0 Å². The van der Waals surface area contributed by atoms with Crippen molar-refractivity contribution in [2.24, 2.45) is 0 Å². The summed E-state index contributed by atoms with van der Waals surface area (Å²) in [7, 11) is 0. The first-order valence-electron chi connectivity index (χ1n) is 8.15. The van der Waals surface area contributed by atoms with Crippen LogP contribution >= 0.6 is 0 Å². The highest BCUT2D eigenvalue weighted by Gasteiger charge is 2.33. The van der Waals surface area contributed by atoms with Gasteiger partial charge in [-0.3, -0.25) is 4.79 Å². The Hall–Kier alpha value is -1.80. The molecule has 1 aromatic rings. The van der Waals surface area contributed by atoms with Crippen LogP contribution < -0.4 is 20.4 Å². The first kappa shape index (κ1) is 17.0. The lowest BCUT2D eigenvalue weighted by molar-refractivity contribution is 0.101. The molecular weight excluding hydrogens is 321 g/mol. The Kier molecular flexibility index (Phi) is 4.96. The van der Waals surface area contributed by atoms with Crippen molar-refractivity contribution in [3.8, 4) is 0 Å². The number of hydrogen-bond acceptors (Lipinski definition) is 5. The van der Waals surface area contributed by atoms with Gasteiger partial charge in [-0.2, -0.15) is 0 Å². The monoisotopic (exact) mass is 342 g/mol. The molecule has 1 aromatic carbocycles. The van der Waals surface area contributed by atoms with Gasteiger partial charge in [0.2, 0.25) is 0 Å². The number of nitrogens with zero attached hydrogens (tertiary/aromatic N) is 2. The van der Waals surface area contributed by atoms with Gasteiger partial charge >= 0.3 is 0 Å². The highest BCUT2D eigenvalue weighted by atomic mass is 19.2. The second kappa shape index (κ2) is 6.98. The second-order valence-corrected chi connectivity index (χ2v) is 6.04. The Morgan fingerprint density at radius 2 is 1.25 bits per heavy atom. The maximum absolute atomic E-state index is 15.2. The minimum atomic E-state index is -1.28. The largest absolute Gasteiger partial charge is 0.366 e. The van der Waals surface area contributed by atoms with Gasteiger partial charge in [0.25, 0.3) is 0 Å². The van der Waals surface area contributed by atoms with Crippen LogP contribution in [0.2, 0.25) is 0 Å². The zero-order chi connectivity index (χ0) is 17.3. The third kappa shape index (κ3) is 2.95. The van der Waals surface area contributed by atoms with E-state index in [0.29, 0.717) is 52.4 Å². The summed E-state index contributed by atoms with van der Waals surface area (Å²) >= 11 is 0. The summed E-state index contributed by atoms with van der Waals surface area (Å²) in [5.41, 5.74) is -0.977. The van der Waals surface area contributed by atoms with Crippen LogP contribution in [0.3, 0.4) is 0 Å². The summed E-state index contributed by atoms with van der Waals surface area (Å²) < 4.78 is 44.4. The first-order chi connectivity index (χ1) is 11.5. The third-order valence-electron chi connectivity index (χ3n) is 4.49. The van der Waals surface area contributed by atoms with Gasteiger partial charge < -0.3 is 20.4 Å². The van der Waals surface area contributed by atoms with Gasteiger partial charge in [-0.05, 0) is 6.92 Å². The predicted molar refractivity (Wildman–Crippen MR) is 86.5 cm³/mol. The molecule has 0 radical (unpaired) electrons. The average molecular weight is 342 g/mol. The number of carbonyl (C=O) groups is 1. The minimum Gasteiger partial charge on any atom is -0.366 e. The summed E-state index contributed by atoms with van der Waals surface area (Å²) in [5, 5.41) is 6.21. The van der Waals surface area contributed by atoms with Crippen molar-refractivity contribution in [2.45, 2.75) is 6.92 Å². The van der Waals surface area contributed by atoms with E-state index in [4.69, 9.17) is 0 Å². The summed E-state index contributed by atoms with van der Waals surface area (Å²) in [6, 6.07) is 0. The van der Waals surface area contributed by atoms with Crippen LogP contribution in [-0.4, -0.2) is 58.1 Å². The standard InChI is InChI=1S/C16H21F3N4O/c1-10(24)11-12(17)13(18)16(23-8-4-21-5-9-23)14(19)15(11)22-6-2-20-3-7-22/h20-21H,2-9H2,1H3. The molecule has 0 bridgehead atoms. The number of ketones is 1. The van der Waals surface area contributed by atoms with Crippen molar-refractivity contribution in [3.63, 3.8) is 0 Å². The topological polar surface area (TPSA) is 47.6 Å². The van der Waals surface area contributed by atoms with Crippen LogP contribution in [0.5, 0.6) is 0 Å². The van der Waals surface area contributed by atoms with Crippen LogP contribution in [0, 0.1) is 17.5 Å². The molecule has 0 spiro atoms. The molecule has 5 nitrogen and oxygen atoms in total. The van der Waals surface area contributed by atoms with E-state index in [-0.39, 0.29) is 11.4 Å². The van der Waals surface area contributed by atoms with E-state index in [2.05, 4.69) is 10.6 Å². The molecule has 0 saturated carbocycles. The molecule has 2 heterocycles. The SMILES string of the molecule is CC(=O)c1c(F)c(F)c(N2CCNCC2)c(F)c1N1CCNCC1. The maximum Gasteiger partial charge on any atom is 0.186 e. The van der Waals surface area contributed by atoms with Gasteiger partial charge in [-0.25, -0.2) is 13.2 Å². The maximum atomic E-state index is 15.2. The van der Waals surface area contributed by atoms with Crippen LogP contribution in [-0.2, 0) is 0 Å². The highest BCUT2D eigenvalue weighted by molar-refractivity contribution is 6.01. The van der Waals surface area contributed by atoms with E-state index in [1.165, 1.54) is 4.90 Å². The van der Waals surface area contributed by atoms with Crippen LogP contribution in [0.15, 0.2) is 0 Å². The summed E-state index contributed by atoms with van der Waals surface area (Å²) in [4.78, 5) is 15.0. The fourth-order valence-electron chi connectivity index (χ4n) is 3.31. The summed E-state index contributed by atoms with van der Waals surface area (Å²) in [6.07, 6.45) is 0. The van der Waals surface area contributed by atoms with E-state index in [1.54, 1.807) is 4.90 Å². The van der Waals surface area contributed by atoms with Crippen LogP contribution in [0.4, 0.5) is 24.5 Å². The second-order valence-electron chi connectivity index (χ2n) is 6.04. The normalized spacial score (nSPS) is 18.8. The fourth-order valence-corrected chi connectivity index (χ4v) is 3.31. The van der Waals surface area contributed by atoms with Crippen LogP contribution in [0.25, 0.3) is 0 Å². The number of rotatable bonds is 3. The van der Waals surface area contributed by atoms with Crippen molar-refractivity contribution in [1.82, 2.24) is 10.6 Å². The Balaban J connectivity index is 2.16. The minimum absolute atomic E-state index is 0.114. The Labute approximate surface area is 138 Å². The number of hydrogen-bond donors (Lipinski definition) is 2. The number of Topliss-reactive ketones (excluding diaryl/α,β-unsaturated/α-hetero) is 1. The van der Waals surface area contributed by atoms with E-state index >= 15 is 4.39 Å². The molecule has 0 aromatic heterocycles. The van der Waals surface area contributed by atoms with Crippen molar-refractivity contribution >= 4 is 17.2 Å². The number of nitrogens with one attached hydrogen (secondary N) is 2. The van der Waals surface area contributed by atoms with E-state index in [0.717, 1.165) is 6.92 Å². The molecule has 0 unspecified atom stereocenters. The van der Waals surface area contributed by atoms with Gasteiger partial charge in [0, 0.05) is 52.4 Å². The molecular formula is C16H21F3N4O. The quantitative estimate of drug-likeness (QED) is 0.637. The molecule has 0 amide bonds. The zero-order valence-corrected chi connectivity index (χ0v) is 13.6. The molecule has 132 valence electrons. The molecule has 24 heavy (non-hydrogen) atoms. The number of piperazine rings is 2. The van der Waals surface area contributed by atoms with E-state index in [1.807, 2.05) is 0 Å². The number of halogens is 3. The van der Waals surface area contributed by atoms with E-state index in [9.17, 15) is 13.6 Å². The molecule has 0 aliphatic carbocycles. The molecule has 8 heteroatoms. The fraction of sp³-hybridized carbons (Fsp3) is 0.562. The third-order valence-corrected chi connectivity index (χ3v) is 4.49. The van der Waals surface area contributed by atoms with E-state index < -0.39 is 28.8 Å². The Morgan fingerprint density at radius 3 is 1.71 bits per heavy atom. The molecule has 3 rings (SSSR count). The smallest absolute Gasteiger partial charge is 0.186 e. The zero-order valence-electron chi connectivity index (χ0n) is 13.6. The predicted octanol–water partition coefficient (Wildman–Crippen LogP) is 1.13.